The summed E-state index contributed by atoms with van der Waals surface area (Å²) in [6.45, 7) is 2.09. The molecule has 0 bridgehead atoms. The number of rotatable bonds is 5. The molecule has 4 nitrogen and oxygen atoms in total. The molecule has 0 radical (unpaired) electrons. The summed E-state index contributed by atoms with van der Waals surface area (Å²) in [6.07, 6.45) is 0.575. The Bertz CT molecular complexity index is 679. The van der Waals surface area contributed by atoms with E-state index >= 15 is 0 Å². The van der Waals surface area contributed by atoms with Crippen LogP contribution in [0.4, 0.5) is 0 Å². The first kappa shape index (κ1) is 14.6. The summed E-state index contributed by atoms with van der Waals surface area (Å²) in [7, 11) is -3.47. The van der Waals surface area contributed by atoms with Crippen LogP contribution in [0.25, 0.3) is 0 Å². The van der Waals surface area contributed by atoms with Crippen molar-refractivity contribution in [2.24, 2.45) is 0 Å². The Balaban J connectivity index is 2.00. The molecule has 0 amide bonds. The predicted molar refractivity (Wildman–Crippen MR) is 78.2 cm³/mol. The molecule has 106 valence electrons. The third-order valence-electron chi connectivity index (χ3n) is 3.03. The van der Waals surface area contributed by atoms with Gasteiger partial charge in [-0.15, -0.1) is 0 Å². The lowest BCUT2D eigenvalue weighted by atomic mass is 10.1. The second-order valence-electron chi connectivity index (χ2n) is 4.58. The smallest absolute Gasteiger partial charge is 0.240 e. The van der Waals surface area contributed by atoms with E-state index in [9.17, 15) is 13.5 Å². The highest BCUT2D eigenvalue weighted by atomic mass is 32.2. The van der Waals surface area contributed by atoms with Gasteiger partial charge in [-0.05, 0) is 42.7 Å². The van der Waals surface area contributed by atoms with Gasteiger partial charge in [0.1, 0.15) is 5.75 Å². The molecule has 0 spiro atoms. The average Bonchev–Trinajstić information content (AvgIpc) is 2.41. The zero-order valence-electron chi connectivity index (χ0n) is 11.2. The quantitative estimate of drug-likeness (QED) is 0.887. The molecule has 2 aromatic carbocycles. The van der Waals surface area contributed by atoms with Crippen LogP contribution in [0.5, 0.6) is 5.75 Å². The van der Waals surface area contributed by atoms with Crippen molar-refractivity contribution < 1.29 is 13.5 Å². The van der Waals surface area contributed by atoms with Crippen molar-refractivity contribution in [3.8, 4) is 5.75 Å². The van der Waals surface area contributed by atoms with Crippen LogP contribution in [0, 0.1) is 6.92 Å². The summed E-state index contributed by atoms with van der Waals surface area (Å²) < 4.78 is 26.9. The van der Waals surface area contributed by atoms with Gasteiger partial charge in [-0.1, -0.05) is 30.3 Å². The van der Waals surface area contributed by atoms with Crippen LogP contribution in [0.15, 0.2) is 53.4 Å². The lowest BCUT2D eigenvalue weighted by Crippen LogP contribution is -2.26. The van der Waals surface area contributed by atoms with Crippen molar-refractivity contribution in [3.63, 3.8) is 0 Å². The SMILES string of the molecule is Cc1ccccc1S(=O)(=O)NCCc1ccc(O)cc1. The molecule has 0 unspecified atom stereocenters. The first-order valence-corrected chi connectivity index (χ1v) is 7.80. The maximum atomic E-state index is 12.1. The Morgan fingerprint density at radius 3 is 2.35 bits per heavy atom. The van der Waals surface area contributed by atoms with Gasteiger partial charge in [0, 0.05) is 6.54 Å². The van der Waals surface area contributed by atoms with E-state index in [0.717, 1.165) is 11.1 Å². The summed E-state index contributed by atoms with van der Waals surface area (Å²) in [4.78, 5) is 0.311. The predicted octanol–water partition coefficient (Wildman–Crippen LogP) is 2.22. The van der Waals surface area contributed by atoms with Gasteiger partial charge in [-0.3, -0.25) is 0 Å². The molecule has 5 heteroatoms. The third kappa shape index (κ3) is 3.59. The maximum absolute atomic E-state index is 12.1. The van der Waals surface area contributed by atoms with Gasteiger partial charge in [0.15, 0.2) is 0 Å². The lowest BCUT2D eigenvalue weighted by molar-refractivity contribution is 0.475. The van der Waals surface area contributed by atoms with Crippen LogP contribution in [0.1, 0.15) is 11.1 Å². The molecule has 2 aromatic rings. The van der Waals surface area contributed by atoms with E-state index in [1.807, 2.05) is 6.07 Å². The number of hydrogen-bond acceptors (Lipinski definition) is 3. The van der Waals surface area contributed by atoms with Crippen LogP contribution in [0.2, 0.25) is 0 Å². The highest BCUT2D eigenvalue weighted by Crippen LogP contribution is 2.14. The fraction of sp³-hybridized carbons (Fsp3) is 0.200. The number of hydrogen-bond donors (Lipinski definition) is 2. The van der Waals surface area contributed by atoms with Gasteiger partial charge < -0.3 is 5.11 Å². The van der Waals surface area contributed by atoms with E-state index in [-0.39, 0.29) is 5.75 Å². The van der Waals surface area contributed by atoms with Gasteiger partial charge in [-0.2, -0.15) is 0 Å². The molecular formula is C15H17NO3S. The number of phenols is 1. The molecular weight excluding hydrogens is 274 g/mol. The number of phenolic OH excluding ortho intramolecular Hbond substituents is 1. The minimum absolute atomic E-state index is 0.203. The Kier molecular flexibility index (Phi) is 4.42. The van der Waals surface area contributed by atoms with Crippen molar-refractivity contribution in [3.05, 3.63) is 59.7 Å². The molecule has 0 aliphatic rings. The second-order valence-corrected chi connectivity index (χ2v) is 6.32. The van der Waals surface area contributed by atoms with E-state index < -0.39 is 10.0 Å². The molecule has 20 heavy (non-hydrogen) atoms. The van der Waals surface area contributed by atoms with E-state index in [2.05, 4.69) is 4.72 Å². The normalized spacial score (nSPS) is 11.4. The highest BCUT2D eigenvalue weighted by Gasteiger charge is 2.15. The minimum Gasteiger partial charge on any atom is -0.508 e. The van der Waals surface area contributed by atoms with Crippen LogP contribution in [-0.2, 0) is 16.4 Å². The number of sulfonamides is 1. The summed E-state index contributed by atoms with van der Waals surface area (Å²) in [6, 6.07) is 13.6. The topological polar surface area (TPSA) is 66.4 Å². The molecule has 0 saturated carbocycles. The lowest BCUT2D eigenvalue weighted by Gasteiger charge is -2.09. The summed E-state index contributed by atoms with van der Waals surface area (Å²) in [5.41, 5.74) is 1.69. The molecule has 0 saturated heterocycles. The number of aromatic hydroxyl groups is 1. The molecule has 0 aliphatic heterocycles. The summed E-state index contributed by atoms with van der Waals surface area (Å²) in [5.74, 6) is 0.203. The summed E-state index contributed by atoms with van der Waals surface area (Å²) >= 11 is 0. The van der Waals surface area contributed by atoms with Crippen LogP contribution in [0.3, 0.4) is 0 Å². The first-order chi connectivity index (χ1) is 9.49. The number of nitrogens with one attached hydrogen (secondary N) is 1. The highest BCUT2D eigenvalue weighted by molar-refractivity contribution is 7.89. The van der Waals surface area contributed by atoms with Crippen molar-refractivity contribution in [2.45, 2.75) is 18.2 Å². The molecule has 2 N–H and O–H groups in total. The van der Waals surface area contributed by atoms with Gasteiger partial charge >= 0.3 is 0 Å². The Morgan fingerprint density at radius 1 is 1.05 bits per heavy atom. The van der Waals surface area contributed by atoms with E-state index in [4.69, 9.17) is 0 Å². The van der Waals surface area contributed by atoms with Crippen molar-refractivity contribution in [1.29, 1.82) is 0 Å². The third-order valence-corrected chi connectivity index (χ3v) is 4.65. The zero-order chi connectivity index (χ0) is 14.6. The Morgan fingerprint density at radius 2 is 1.70 bits per heavy atom. The average molecular weight is 291 g/mol. The molecule has 0 fully saturated rings. The van der Waals surface area contributed by atoms with Crippen LogP contribution >= 0.6 is 0 Å². The minimum atomic E-state index is -3.47. The van der Waals surface area contributed by atoms with Gasteiger partial charge in [-0.25, -0.2) is 13.1 Å². The molecule has 0 atom stereocenters. The molecule has 0 aliphatic carbocycles. The fourth-order valence-electron chi connectivity index (χ4n) is 1.93. The monoisotopic (exact) mass is 291 g/mol. The van der Waals surface area contributed by atoms with Crippen molar-refractivity contribution in [2.75, 3.05) is 6.54 Å². The van der Waals surface area contributed by atoms with Crippen LogP contribution in [-0.4, -0.2) is 20.1 Å². The van der Waals surface area contributed by atoms with Crippen LogP contribution < -0.4 is 4.72 Å². The fourth-order valence-corrected chi connectivity index (χ4v) is 3.20. The number of benzene rings is 2. The first-order valence-electron chi connectivity index (χ1n) is 6.32. The summed E-state index contributed by atoms with van der Waals surface area (Å²) in [5, 5.41) is 9.18. The zero-order valence-corrected chi connectivity index (χ0v) is 12.0. The Labute approximate surface area is 119 Å². The largest absolute Gasteiger partial charge is 0.508 e. The Hall–Kier alpha value is -1.85. The van der Waals surface area contributed by atoms with Gasteiger partial charge in [0.05, 0.1) is 4.90 Å². The van der Waals surface area contributed by atoms with Crippen molar-refractivity contribution in [1.82, 2.24) is 4.72 Å². The maximum Gasteiger partial charge on any atom is 0.240 e. The standard InChI is InChI=1S/C15H17NO3S/c1-12-4-2-3-5-15(12)20(18,19)16-11-10-13-6-8-14(17)9-7-13/h2-9,16-17H,10-11H2,1H3. The van der Waals surface area contributed by atoms with Gasteiger partial charge in [0.25, 0.3) is 0 Å². The van der Waals surface area contributed by atoms with E-state index in [1.165, 1.54) is 0 Å². The molecule has 0 heterocycles. The van der Waals surface area contributed by atoms with Gasteiger partial charge in [0.2, 0.25) is 10.0 Å². The second kappa shape index (κ2) is 6.07. The molecule has 0 aromatic heterocycles. The number of aryl methyl sites for hydroxylation is 1. The van der Waals surface area contributed by atoms with Crippen molar-refractivity contribution >= 4 is 10.0 Å². The molecule has 2 rings (SSSR count). The van der Waals surface area contributed by atoms with E-state index in [0.29, 0.717) is 17.9 Å². The van der Waals surface area contributed by atoms with E-state index in [1.54, 1.807) is 49.4 Å².